The maximum atomic E-state index is 12.3. The topological polar surface area (TPSA) is 37.3 Å². The van der Waals surface area contributed by atoms with Gasteiger partial charge in [-0.25, -0.2) is 0 Å². The lowest BCUT2D eigenvalue weighted by atomic mass is 9.60. The summed E-state index contributed by atoms with van der Waals surface area (Å²) in [6, 6.07) is 0. The lowest BCUT2D eigenvalue weighted by molar-refractivity contribution is -0.124. The Kier molecular flexibility index (Phi) is 2.32. The Labute approximate surface area is 103 Å². The minimum atomic E-state index is -0.182. The van der Waals surface area contributed by atoms with Gasteiger partial charge in [0.15, 0.2) is 5.78 Å². The van der Waals surface area contributed by atoms with Crippen molar-refractivity contribution in [2.24, 2.45) is 29.1 Å². The highest BCUT2D eigenvalue weighted by atomic mass is 16.3. The van der Waals surface area contributed by atoms with Crippen LogP contribution in [0.3, 0.4) is 0 Å². The van der Waals surface area contributed by atoms with E-state index in [2.05, 4.69) is 20.8 Å². The van der Waals surface area contributed by atoms with Gasteiger partial charge in [-0.15, -0.1) is 0 Å². The molecule has 0 amide bonds. The summed E-state index contributed by atoms with van der Waals surface area (Å²) in [5, 5.41) is 10.0. The van der Waals surface area contributed by atoms with Crippen molar-refractivity contribution >= 4 is 5.78 Å². The van der Waals surface area contributed by atoms with Gasteiger partial charge in [0.2, 0.25) is 0 Å². The van der Waals surface area contributed by atoms with Gasteiger partial charge in [0.05, 0.1) is 6.10 Å². The Morgan fingerprint density at radius 3 is 2.59 bits per heavy atom. The summed E-state index contributed by atoms with van der Waals surface area (Å²) >= 11 is 0. The molecule has 1 N–H and O–H groups in total. The summed E-state index contributed by atoms with van der Waals surface area (Å²) in [4.78, 5) is 12.3. The molecule has 0 bridgehead atoms. The molecule has 0 aromatic carbocycles. The number of carbonyl (C=O) groups excluding carboxylic acids is 1. The van der Waals surface area contributed by atoms with Crippen molar-refractivity contribution in [3.63, 3.8) is 0 Å². The van der Waals surface area contributed by atoms with Gasteiger partial charge >= 0.3 is 0 Å². The van der Waals surface area contributed by atoms with Gasteiger partial charge in [0.1, 0.15) is 0 Å². The van der Waals surface area contributed by atoms with Crippen molar-refractivity contribution in [1.82, 2.24) is 0 Å². The van der Waals surface area contributed by atoms with E-state index in [4.69, 9.17) is 0 Å². The van der Waals surface area contributed by atoms with Crippen molar-refractivity contribution in [3.8, 4) is 0 Å². The van der Waals surface area contributed by atoms with Crippen LogP contribution in [0, 0.1) is 29.1 Å². The molecular formula is C15H22O2. The van der Waals surface area contributed by atoms with Crippen LogP contribution in [0.25, 0.3) is 0 Å². The Bertz CT molecular complexity index is 398. The first-order valence-electron chi connectivity index (χ1n) is 6.91. The van der Waals surface area contributed by atoms with Gasteiger partial charge in [-0.1, -0.05) is 26.3 Å². The zero-order valence-corrected chi connectivity index (χ0v) is 10.9. The summed E-state index contributed by atoms with van der Waals surface area (Å²) in [5.74, 6) is 2.06. The number of aliphatic hydroxyl groups excluding tert-OH is 1. The molecular weight excluding hydrogens is 212 g/mol. The molecule has 2 heteroatoms. The fraction of sp³-hybridized carbons (Fsp3) is 0.800. The Morgan fingerprint density at radius 1 is 1.35 bits per heavy atom. The Balaban J connectivity index is 2.00. The lowest BCUT2D eigenvalue weighted by Crippen LogP contribution is -2.44. The number of fused-ring (bicyclic) bond motifs is 1. The highest BCUT2D eigenvalue weighted by molar-refractivity contribution is 5.99. The van der Waals surface area contributed by atoms with E-state index in [-0.39, 0.29) is 11.5 Å². The molecule has 2 nitrogen and oxygen atoms in total. The number of aliphatic hydroxyl groups is 1. The molecule has 0 aromatic heterocycles. The average molecular weight is 234 g/mol. The average Bonchev–Trinajstić information content (AvgIpc) is 2.95. The second kappa shape index (κ2) is 3.44. The van der Waals surface area contributed by atoms with Crippen molar-refractivity contribution in [1.29, 1.82) is 0 Å². The summed E-state index contributed by atoms with van der Waals surface area (Å²) in [5.41, 5.74) is 1.24. The minimum Gasteiger partial charge on any atom is -0.393 e. The molecule has 0 radical (unpaired) electrons. The lowest BCUT2D eigenvalue weighted by Gasteiger charge is -2.44. The van der Waals surface area contributed by atoms with Crippen LogP contribution in [0.1, 0.15) is 40.0 Å². The van der Waals surface area contributed by atoms with Crippen LogP contribution in [0.2, 0.25) is 0 Å². The van der Waals surface area contributed by atoms with Crippen LogP contribution in [0.4, 0.5) is 0 Å². The van der Waals surface area contributed by atoms with Crippen molar-refractivity contribution in [2.75, 3.05) is 0 Å². The first kappa shape index (κ1) is 11.5. The van der Waals surface area contributed by atoms with Crippen LogP contribution >= 0.6 is 0 Å². The van der Waals surface area contributed by atoms with Crippen LogP contribution in [-0.4, -0.2) is 17.0 Å². The normalized spacial score (nSPS) is 53.3. The van der Waals surface area contributed by atoms with Crippen molar-refractivity contribution in [3.05, 3.63) is 11.6 Å². The third-order valence-corrected chi connectivity index (χ3v) is 5.82. The first-order valence-corrected chi connectivity index (χ1v) is 6.91. The third kappa shape index (κ3) is 1.33. The number of hydrogen-bond acceptors (Lipinski definition) is 2. The van der Waals surface area contributed by atoms with Gasteiger partial charge in [-0.05, 0) is 49.0 Å². The molecule has 3 rings (SSSR count). The summed E-state index contributed by atoms with van der Waals surface area (Å²) in [6.45, 7) is 6.57. The second-order valence-electron chi connectivity index (χ2n) is 6.51. The molecule has 94 valence electrons. The number of rotatable bonds is 0. The smallest absolute Gasteiger partial charge is 0.162 e. The summed E-state index contributed by atoms with van der Waals surface area (Å²) in [7, 11) is 0. The molecule has 0 aliphatic heterocycles. The molecule has 0 heterocycles. The van der Waals surface area contributed by atoms with E-state index in [1.807, 2.05) is 6.08 Å². The Hall–Kier alpha value is -0.630. The molecule has 2 saturated carbocycles. The number of allylic oxidation sites excluding steroid dienone is 2. The number of hydrogen-bond donors (Lipinski definition) is 1. The molecule has 6 unspecified atom stereocenters. The van der Waals surface area contributed by atoms with Crippen LogP contribution in [-0.2, 0) is 4.79 Å². The van der Waals surface area contributed by atoms with E-state index in [0.29, 0.717) is 29.5 Å². The van der Waals surface area contributed by atoms with Crippen LogP contribution in [0.15, 0.2) is 11.6 Å². The largest absolute Gasteiger partial charge is 0.393 e. The number of carbonyl (C=O) groups is 1. The molecule has 6 atom stereocenters. The van der Waals surface area contributed by atoms with E-state index in [9.17, 15) is 9.90 Å². The predicted octanol–water partition coefficient (Wildman–Crippen LogP) is 2.56. The molecule has 0 aromatic rings. The number of ketones is 1. The van der Waals surface area contributed by atoms with Gasteiger partial charge in [-0.2, -0.15) is 0 Å². The highest BCUT2D eigenvalue weighted by Gasteiger charge is 2.63. The monoisotopic (exact) mass is 234 g/mol. The zero-order chi connectivity index (χ0) is 12.4. The SMILES string of the molecule is CC1C(O)CCC2=CC(=O)C3(CC3C)C(C)C21. The van der Waals surface area contributed by atoms with Crippen molar-refractivity contribution in [2.45, 2.75) is 46.1 Å². The standard InChI is InChI=1S/C15H22O2/c1-8-7-15(8)10(3)14-9(2)12(16)5-4-11(14)6-13(15)17/h6,8-10,12,14,16H,4-5,7H2,1-3H3. The fourth-order valence-corrected chi connectivity index (χ4v) is 4.54. The predicted molar refractivity (Wildman–Crippen MR) is 66.4 cm³/mol. The summed E-state index contributed by atoms with van der Waals surface area (Å²) in [6.07, 6.45) is 4.54. The van der Waals surface area contributed by atoms with Gasteiger partial charge < -0.3 is 5.11 Å². The maximum absolute atomic E-state index is 12.3. The minimum absolute atomic E-state index is 0.0700. The van der Waals surface area contributed by atoms with E-state index in [1.165, 1.54) is 5.57 Å². The van der Waals surface area contributed by atoms with Gasteiger partial charge in [0.25, 0.3) is 0 Å². The second-order valence-corrected chi connectivity index (χ2v) is 6.51. The van der Waals surface area contributed by atoms with E-state index in [1.54, 1.807) is 0 Å². The van der Waals surface area contributed by atoms with Gasteiger partial charge in [0, 0.05) is 5.41 Å². The van der Waals surface area contributed by atoms with E-state index in [0.717, 1.165) is 19.3 Å². The van der Waals surface area contributed by atoms with Gasteiger partial charge in [-0.3, -0.25) is 4.79 Å². The first-order chi connectivity index (χ1) is 7.98. The summed E-state index contributed by atoms with van der Waals surface area (Å²) < 4.78 is 0. The molecule has 1 spiro atoms. The zero-order valence-electron chi connectivity index (χ0n) is 10.9. The molecule has 3 aliphatic rings. The Morgan fingerprint density at radius 2 is 2.00 bits per heavy atom. The quantitative estimate of drug-likeness (QED) is 0.699. The fourth-order valence-electron chi connectivity index (χ4n) is 4.54. The third-order valence-electron chi connectivity index (χ3n) is 5.82. The van der Waals surface area contributed by atoms with E-state index >= 15 is 0 Å². The van der Waals surface area contributed by atoms with Crippen LogP contribution in [0.5, 0.6) is 0 Å². The van der Waals surface area contributed by atoms with Crippen LogP contribution < -0.4 is 0 Å². The molecule has 2 fully saturated rings. The molecule has 0 saturated heterocycles. The van der Waals surface area contributed by atoms with E-state index < -0.39 is 0 Å². The van der Waals surface area contributed by atoms with Crippen molar-refractivity contribution < 1.29 is 9.90 Å². The maximum Gasteiger partial charge on any atom is 0.162 e. The molecule has 3 aliphatic carbocycles. The highest BCUT2D eigenvalue weighted by Crippen LogP contribution is 2.64. The molecule has 17 heavy (non-hydrogen) atoms.